The average molecular weight is 428 g/mol. The van der Waals surface area contributed by atoms with E-state index >= 15 is 0 Å². The predicted molar refractivity (Wildman–Crippen MR) is 107 cm³/mol. The van der Waals surface area contributed by atoms with E-state index in [1.165, 1.54) is 18.3 Å². The minimum absolute atomic E-state index is 0.0421. The Bertz CT molecular complexity index is 1000. The van der Waals surface area contributed by atoms with Crippen molar-refractivity contribution in [1.29, 1.82) is 0 Å². The summed E-state index contributed by atoms with van der Waals surface area (Å²) in [5.74, 6) is -0.254. The summed E-state index contributed by atoms with van der Waals surface area (Å²) in [5, 5.41) is 19.9. The minimum atomic E-state index is -3.80. The number of aromatic nitrogens is 1. The van der Waals surface area contributed by atoms with Gasteiger partial charge >= 0.3 is 0 Å². The van der Waals surface area contributed by atoms with Crippen molar-refractivity contribution >= 4 is 44.2 Å². The molecule has 0 atom stereocenters. The van der Waals surface area contributed by atoms with Crippen LogP contribution in [-0.2, 0) is 10.0 Å². The molecular weight excluding hydrogens is 406 g/mol. The molecule has 1 fully saturated rings. The molecule has 0 amide bonds. The number of nitrogens with one attached hydrogen (secondary N) is 1. The summed E-state index contributed by atoms with van der Waals surface area (Å²) in [7, 11) is -3.80. The number of hydrogen-bond acceptors (Lipinski definition) is 6. The van der Waals surface area contributed by atoms with E-state index in [-0.39, 0.29) is 28.6 Å². The Morgan fingerprint density at radius 2 is 1.89 bits per heavy atom. The molecule has 1 aliphatic carbocycles. The van der Waals surface area contributed by atoms with Crippen molar-refractivity contribution in [1.82, 2.24) is 9.71 Å². The second-order valence-electron chi connectivity index (χ2n) is 6.82. The maximum Gasteiger partial charge on any atom is 0.240 e. The first-order chi connectivity index (χ1) is 13.2. The van der Waals surface area contributed by atoms with Gasteiger partial charge in [0.15, 0.2) is 18.1 Å². The summed E-state index contributed by atoms with van der Waals surface area (Å²) >= 11 is 6.15. The fraction of sp³-hybridized carbons (Fsp3) is 0.412. The predicted octanol–water partition coefficient (Wildman–Crippen LogP) is 0.941. The number of halogens is 1. The first-order valence-electron chi connectivity index (χ1n) is 8.74. The van der Waals surface area contributed by atoms with Crippen molar-refractivity contribution in [2.24, 2.45) is 22.4 Å². The molecule has 0 bridgehead atoms. The molecular formula is C17H22ClN5O4S. The van der Waals surface area contributed by atoms with Gasteiger partial charge in [-0.3, -0.25) is 0 Å². The zero-order valence-electron chi connectivity index (χ0n) is 14.9. The largest absolute Gasteiger partial charge is 0.370 e. The summed E-state index contributed by atoms with van der Waals surface area (Å²) in [4.78, 5) is 8.04. The molecule has 1 aromatic heterocycles. The van der Waals surface area contributed by atoms with E-state index in [2.05, 4.69) is 14.7 Å². The number of aliphatic imine (C=N–C) groups is 1. The molecule has 1 aliphatic rings. The maximum absolute atomic E-state index is 12.8. The number of nitrogens with two attached hydrogens (primary N) is 2. The smallest absolute Gasteiger partial charge is 0.240 e. The fourth-order valence-corrected chi connectivity index (χ4v) is 4.92. The van der Waals surface area contributed by atoms with Crippen molar-refractivity contribution in [3.05, 3.63) is 29.4 Å². The average Bonchev–Trinajstić information content (AvgIpc) is 2.63. The van der Waals surface area contributed by atoms with Gasteiger partial charge in [-0.05, 0) is 37.8 Å². The molecule has 1 heterocycles. The zero-order valence-corrected chi connectivity index (χ0v) is 16.5. The summed E-state index contributed by atoms with van der Waals surface area (Å²) in [5.41, 5.74) is 10.8. The highest BCUT2D eigenvalue weighted by atomic mass is 35.5. The van der Waals surface area contributed by atoms with Crippen LogP contribution in [0.2, 0.25) is 5.02 Å². The lowest BCUT2D eigenvalue weighted by Crippen LogP contribution is -2.39. The van der Waals surface area contributed by atoms with Gasteiger partial charge in [-0.15, -0.1) is 0 Å². The van der Waals surface area contributed by atoms with Crippen LogP contribution < -0.4 is 16.2 Å². The second kappa shape index (κ2) is 8.18. The van der Waals surface area contributed by atoms with Gasteiger partial charge in [0.2, 0.25) is 10.0 Å². The van der Waals surface area contributed by atoms with Crippen LogP contribution in [0.15, 0.2) is 34.3 Å². The third kappa shape index (κ3) is 4.53. The van der Waals surface area contributed by atoms with E-state index in [4.69, 9.17) is 23.1 Å². The lowest BCUT2D eigenvalue weighted by molar-refractivity contribution is -0.0938. The number of nitrogens with zero attached hydrogens (tertiary/aromatic N) is 2. The summed E-state index contributed by atoms with van der Waals surface area (Å²) < 4.78 is 28.3. The number of rotatable bonds is 5. The molecule has 152 valence electrons. The number of fused-ring (bicyclic) bond motifs is 1. The Kier molecular flexibility index (Phi) is 6.06. The van der Waals surface area contributed by atoms with Crippen LogP contribution in [-0.4, -0.2) is 41.9 Å². The van der Waals surface area contributed by atoms with E-state index in [1.807, 2.05) is 0 Å². The molecule has 1 aromatic carbocycles. The van der Waals surface area contributed by atoms with Crippen LogP contribution in [0.5, 0.6) is 0 Å². The summed E-state index contributed by atoms with van der Waals surface area (Å²) in [6, 6.07) is 4.20. The summed E-state index contributed by atoms with van der Waals surface area (Å²) in [6.45, 7) is 0. The molecule has 0 aliphatic heterocycles. The molecule has 0 radical (unpaired) electrons. The number of pyridine rings is 1. The maximum atomic E-state index is 12.8. The van der Waals surface area contributed by atoms with Crippen molar-refractivity contribution in [3.8, 4) is 0 Å². The number of guanidine groups is 1. The van der Waals surface area contributed by atoms with Crippen molar-refractivity contribution in [3.63, 3.8) is 0 Å². The molecule has 0 unspecified atom stereocenters. The van der Waals surface area contributed by atoms with Crippen LogP contribution >= 0.6 is 11.6 Å². The van der Waals surface area contributed by atoms with Gasteiger partial charge in [-0.25, -0.2) is 18.1 Å². The number of aliphatic hydroxyl groups is 2. The fourth-order valence-electron chi connectivity index (χ4n) is 3.37. The van der Waals surface area contributed by atoms with Gasteiger partial charge in [-0.2, -0.15) is 4.99 Å². The van der Waals surface area contributed by atoms with Crippen LogP contribution in [0.3, 0.4) is 0 Å². The first kappa shape index (κ1) is 20.7. The van der Waals surface area contributed by atoms with Crippen LogP contribution in [0, 0.1) is 5.92 Å². The number of benzene rings is 1. The van der Waals surface area contributed by atoms with E-state index in [1.54, 1.807) is 6.07 Å². The Morgan fingerprint density at radius 1 is 1.21 bits per heavy atom. The standard InChI is InChI=1S/C17H22ClN5O4S/c18-14-8-21-15(22-17(19)20)13-7-11(5-6-12(13)14)28(26,27)23-10-3-1-9(2-4-10)16(24)25/h5-10,16,23-25H,1-4H2,(H4,19,20,21,22). The third-order valence-corrected chi connectivity index (χ3v) is 6.67. The molecule has 0 saturated heterocycles. The van der Waals surface area contributed by atoms with Crippen LogP contribution in [0.1, 0.15) is 25.7 Å². The Balaban J connectivity index is 1.89. The van der Waals surface area contributed by atoms with Gasteiger partial charge in [-0.1, -0.05) is 17.7 Å². The van der Waals surface area contributed by atoms with E-state index < -0.39 is 16.3 Å². The topological polar surface area (TPSA) is 164 Å². The van der Waals surface area contributed by atoms with Gasteiger partial charge in [0.1, 0.15) is 0 Å². The van der Waals surface area contributed by atoms with Crippen molar-refractivity contribution in [2.45, 2.75) is 42.9 Å². The molecule has 9 nitrogen and oxygen atoms in total. The highest BCUT2D eigenvalue weighted by Crippen LogP contribution is 2.32. The van der Waals surface area contributed by atoms with Gasteiger partial charge in [0, 0.05) is 28.9 Å². The normalized spacial score (nSPS) is 20.4. The van der Waals surface area contributed by atoms with Gasteiger partial charge in [0.25, 0.3) is 0 Å². The van der Waals surface area contributed by atoms with Gasteiger partial charge in [0.05, 0.1) is 9.92 Å². The molecule has 2 aromatic rings. The highest BCUT2D eigenvalue weighted by Gasteiger charge is 2.28. The summed E-state index contributed by atoms with van der Waals surface area (Å²) in [6.07, 6.45) is 2.16. The second-order valence-corrected chi connectivity index (χ2v) is 8.94. The van der Waals surface area contributed by atoms with E-state index in [9.17, 15) is 18.6 Å². The molecule has 0 spiro atoms. The quantitative estimate of drug-likeness (QED) is 0.269. The van der Waals surface area contributed by atoms with Crippen molar-refractivity contribution in [2.75, 3.05) is 0 Å². The SMILES string of the molecule is NC(N)=Nc1ncc(Cl)c2ccc(S(=O)(=O)NC3CCC(C(O)O)CC3)cc12. The molecule has 3 rings (SSSR count). The monoisotopic (exact) mass is 427 g/mol. The first-order valence-corrected chi connectivity index (χ1v) is 10.6. The third-order valence-electron chi connectivity index (χ3n) is 4.85. The number of sulfonamides is 1. The zero-order chi connectivity index (χ0) is 20.5. The lowest BCUT2D eigenvalue weighted by Gasteiger charge is -2.29. The van der Waals surface area contributed by atoms with Gasteiger partial charge < -0.3 is 21.7 Å². The van der Waals surface area contributed by atoms with Crippen molar-refractivity contribution < 1.29 is 18.6 Å². The molecule has 1 saturated carbocycles. The van der Waals surface area contributed by atoms with Crippen LogP contribution in [0.25, 0.3) is 10.8 Å². The van der Waals surface area contributed by atoms with Crippen LogP contribution in [0.4, 0.5) is 5.82 Å². The Hall–Kier alpha value is -1.98. The minimum Gasteiger partial charge on any atom is -0.370 e. The van der Waals surface area contributed by atoms with E-state index in [0.29, 0.717) is 41.5 Å². The Morgan fingerprint density at radius 3 is 2.50 bits per heavy atom. The molecule has 11 heteroatoms. The van der Waals surface area contributed by atoms with E-state index in [0.717, 1.165) is 0 Å². The Labute approximate surface area is 167 Å². The molecule has 28 heavy (non-hydrogen) atoms. The highest BCUT2D eigenvalue weighted by molar-refractivity contribution is 7.89. The lowest BCUT2D eigenvalue weighted by atomic mass is 9.86. The number of aliphatic hydroxyl groups excluding tert-OH is 1. The number of hydrogen-bond donors (Lipinski definition) is 5. The molecule has 7 N–H and O–H groups in total.